The SMILES string of the molecule is COc1ccc(C=C2SC(=S)N(CNc3cccc(C)c3C)C2=O)cc1OC. The fraction of sp³-hybridized carbons (Fsp3) is 0.238. The van der Waals surface area contributed by atoms with Crippen molar-refractivity contribution in [3.05, 3.63) is 58.0 Å². The first kappa shape index (κ1) is 20.2. The fourth-order valence-corrected chi connectivity index (χ4v) is 4.09. The van der Waals surface area contributed by atoms with Crippen LogP contribution in [0.15, 0.2) is 41.3 Å². The molecule has 5 nitrogen and oxygen atoms in total. The van der Waals surface area contributed by atoms with Gasteiger partial charge in [-0.05, 0) is 54.8 Å². The summed E-state index contributed by atoms with van der Waals surface area (Å²) >= 11 is 6.71. The summed E-state index contributed by atoms with van der Waals surface area (Å²) in [5.41, 5.74) is 4.20. The quantitative estimate of drug-likeness (QED) is 0.551. The molecule has 1 fully saturated rings. The smallest absolute Gasteiger partial charge is 0.267 e. The maximum absolute atomic E-state index is 12.8. The van der Waals surface area contributed by atoms with E-state index in [1.54, 1.807) is 19.1 Å². The van der Waals surface area contributed by atoms with Crippen LogP contribution in [-0.2, 0) is 4.79 Å². The molecule has 1 N–H and O–H groups in total. The van der Waals surface area contributed by atoms with Crippen molar-refractivity contribution < 1.29 is 14.3 Å². The largest absolute Gasteiger partial charge is 0.493 e. The molecular formula is C21H22N2O3S2. The summed E-state index contributed by atoms with van der Waals surface area (Å²) < 4.78 is 11.1. The van der Waals surface area contributed by atoms with Gasteiger partial charge in [0.05, 0.1) is 25.8 Å². The summed E-state index contributed by atoms with van der Waals surface area (Å²) in [7, 11) is 3.17. The number of methoxy groups -OCH3 is 2. The molecule has 0 bridgehead atoms. The van der Waals surface area contributed by atoms with Crippen LogP contribution >= 0.6 is 24.0 Å². The van der Waals surface area contributed by atoms with Crippen molar-refractivity contribution in [2.75, 3.05) is 26.2 Å². The molecule has 0 unspecified atom stereocenters. The lowest BCUT2D eigenvalue weighted by Gasteiger charge is -2.18. The molecule has 1 aliphatic rings. The van der Waals surface area contributed by atoms with E-state index >= 15 is 0 Å². The Hall–Kier alpha value is -2.51. The minimum Gasteiger partial charge on any atom is -0.493 e. The van der Waals surface area contributed by atoms with E-state index in [1.165, 1.54) is 17.3 Å². The zero-order valence-electron chi connectivity index (χ0n) is 16.2. The Morgan fingerprint density at radius 3 is 2.61 bits per heavy atom. The van der Waals surface area contributed by atoms with E-state index in [4.69, 9.17) is 21.7 Å². The minimum atomic E-state index is -0.109. The summed E-state index contributed by atoms with van der Waals surface area (Å²) in [6.45, 7) is 4.45. The molecule has 0 atom stereocenters. The molecule has 1 saturated heterocycles. The van der Waals surface area contributed by atoms with Gasteiger partial charge in [0.25, 0.3) is 5.91 Å². The van der Waals surface area contributed by atoms with Crippen LogP contribution in [0, 0.1) is 13.8 Å². The molecule has 0 saturated carbocycles. The van der Waals surface area contributed by atoms with Gasteiger partial charge in [0.2, 0.25) is 0 Å². The van der Waals surface area contributed by atoms with Gasteiger partial charge in [0.15, 0.2) is 11.5 Å². The van der Waals surface area contributed by atoms with Crippen LogP contribution in [0.1, 0.15) is 16.7 Å². The van der Waals surface area contributed by atoms with Gasteiger partial charge in [-0.3, -0.25) is 9.69 Å². The van der Waals surface area contributed by atoms with Crippen LogP contribution < -0.4 is 14.8 Å². The van der Waals surface area contributed by atoms with E-state index in [2.05, 4.69) is 25.2 Å². The summed E-state index contributed by atoms with van der Waals surface area (Å²) in [6.07, 6.45) is 1.82. The molecule has 2 aromatic carbocycles. The number of nitrogens with one attached hydrogen (secondary N) is 1. The van der Waals surface area contributed by atoms with Gasteiger partial charge in [0, 0.05) is 5.69 Å². The molecule has 28 heavy (non-hydrogen) atoms. The first-order valence-electron chi connectivity index (χ1n) is 8.72. The van der Waals surface area contributed by atoms with Gasteiger partial charge >= 0.3 is 0 Å². The third-order valence-corrected chi connectivity index (χ3v) is 5.99. The fourth-order valence-electron chi connectivity index (χ4n) is 2.84. The highest BCUT2D eigenvalue weighted by Crippen LogP contribution is 2.34. The number of hydrogen-bond acceptors (Lipinski definition) is 6. The number of carbonyl (C=O) groups excluding carboxylic acids is 1. The molecule has 0 aromatic heterocycles. The maximum Gasteiger partial charge on any atom is 0.267 e. The lowest BCUT2D eigenvalue weighted by Crippen LogP contribution is -2.33. The Labute approximate surface area is 174 Å². The second-order valence-corrected chi connectivity index (χ2v) is 7.98. The van der Waals surface area contributed by atoms with Gasteiger partial charge in [-0.2, -0.15) is 0 Å². The van der Waals surface area contributed by atoms with Crippen LogP contribution in [0.3, 0.4) is 0 Å². The summed E-state index contributed by atoms with van der Waals surface area (Å²) in [6, 6.07) is 11.6. The average Bonchev–Trinajstić information content (AvgIpc) is 2.95. The Bertz CT molecular complexity index is 957. The first-order chi connectivity index (χ1) is 13.4. The van der Waals surface area contributed by atoms with Crippen molar-refractivity contribution in [2.45, 2.75) is 13.8 Å². The van der Waals surface area contributed by atoms with E-state index in [1.807, 2.05) is 36.4 Å². The van der Waals surface area contributed by atoms with E-state index < -0.39 is 0 Å². The van der Waals surface area contributed by atoms with Gasteiger partial charge < -0.3 is 14.8 Å². The average molecular weight is 415 g/mol. The van der Waals surface area contributed by atoms with Crippen molar-refractivity contribution >= 4 is 46.0 Å². The molecule has 1 amide bonds. The van der Waals surface area contributed by atoms with E-state index in [0.717, 1.165) is 16.8 Å². The molecule has 7 heteroatoms. The zero-order chi connectivity index (χ0) is 20.3. The van der Waals surface area contributed by atoms with Crippen molar-refractivity contribution in [2.24, 2.45) is 0 Å². The van der Waals surface area contributed by atoms with E-state index in [-0.39, 0.29) is 5.91 Å². The van der Waals surface area contributed by atoms with Crippen molar-refractivity contribution in [1.82, 2.24) is 4.90 Å². The van der Waals surface area contributed by atoms with Crippen molar-refractivity contribution in [1.29, 1.82) is 0 Å². The Balaban J connectivity index is 1.76. The highest BCUT2D eigenvalue weighted by atomic mass is 32.2. The number of rotatable bonds is 6. The molecule has 1 heterocycles. The number of thioether (sulfide) groups is 1. The number of carbonyl (C=O) groups is 1. The Morgan fingerprint density at radius 2 is 1.89 bits per heavy atom. The second kappa shape index (κ2) is 8.67. The molecule has 0 radical (unpaired) electrons. The molecular weight excluding hydrogens is 392 g/mol. The third-order valence-electron chi connectivity index (χ3n) is 4.61. The number of benzene rings is 2. The minimum absolute atomic E-state index is 0.109. The van der Waals surface area contributed by atoms with Crippen LogP contribution in [0.2, 0.25) is 0 Å². The monoisotopic (exact) mass is 414 g/mol. The lowest BCUT2D eigenvalue weighted by molar-refractivity contribution is -0.121. The molecule has 146 valence electrons. The second-order valence-electron chi connectivity index (χ2n) is 6.31. The number of aryl methyl sites for hydroxylation is 1. The normalized spacial score (nSPS) is 15.3. The molecule has 1 aliphatic heterocycles. The van der Waals surface area contributed by atoms with Crippen LogP contribution in [0.4, 0.5) is 5.69 Å². The highest BCUT2D eigenvalue weighted by Gasteiger charge is 2.31. The van der Waals surface area contributed by atoms with Crippen LogP contribution in [0.5, 0.6) is 11.5 Å². The van der Waals surface area contributed by atoms with Gasteiger partial charge in [0.1, 0.15) is 4.32 Å². The predicted octanol–water partition coefficient (Wildman–Crippen LogP) is 4.59. The number of hydrogen-bond donors (Lipinski definition) is 1. The van der Waals surface area contributed by atoms with E-state index in [9.17, 15) is 4.79 Å². The molecule has 0 spiro atoms. The van der Waals surface area contributed by atoms with Gasteiger partial charge in [-0.15, -0.1) is 0 Å². The van der Waals surface area contributed by atoms with Gasteiger partial charge in [-0.1, -0.05) is 42.2 Å². The topological polar surface area (TPSA) is 50.8 Å². The van der Waals surface area contributed by atoms with Crippen LogP contribution in [0.25, 0.3) is 6.08 Å². The Morgan fingerprint density at radius 1 is 1.14 bits per heavy atom. The number of thiocarbonyl (C=S) groups is 1. The molecule has 3 rings (SSSR count). The number of ether oxygens (including phenoxy) is 2. The first-order valence-corrected chi connectivity index (χ1v) is 9.94. The summed E-state index contributed by atoms with van der Waals surface area (Å²) in [5.74, 6) is 1.15. The van der Waals surface area contributed by atoms with Crippen molar-refractivity contribution in [3.8, 4) is 11.5 Å². The predicted molar refractivity (Wildman–Crippen MR) is 119 cm³/mol. The van der Waals surface area contributed by atoms with Crippen LogP contribution in [-0.4, -0.2) is 36.0 Å². The molecule has 2 aromatic rings. The summed E-state index contributed by atoms with van der Waals surface area (Å²) in [4.78, 5) is 15.0. The third kappa shape index (κ3) is 4.15. The number of amides is 1. The summed E-state index contributed by atoms with van der Waals surface area (Å²) in [5, 5.41) is 3.31. The lowest BCUT2D eigenvalue weighted by atomic mass is 10.1. The number of anilines is 1. The standard InChI is InChI=1S/C21H22N2O3S2/c1-13-6-5-7-16(14(13)2)22-12-23-20(24)19(28-21(23)27)11-15-8-9-17(25-3)18(10-15)26-4/h5-11,22H,12H2,1-4H3. The Kier molecular flexibility index (Phi) is 6.26. The maximum atomic E-state index is 12.8. The number of nitrogens with zero attached hydrogens (tertiary/aromatic N) is 1. The van der Waals surface area contributed by atoms with E-state index in [0.29, 0.717) is 27.4 Å². The molecule has 0 aliphatic carbocycles. The van der Waals surface area contributed by atoms with Gasteiger partial charge in [-0.25, -0.2) is 0 Å². The zero-order valence-corrected chi connectivity index (χ0v) is 17.9. The highest BCUT2D eigenvalue weighted by molar-refractivity contribution is 8.26. The van der Waals surface area contributed by atoms with Crippen molar-refractivity contribution in [3.63, 3.8) is 0 Å².